The van der Waals surface area contributed by atoms with Crippen molar-refractivity contribution in [1.29, 1.82) is 0 Å². The first kappa shape index (κ1) is 20.4. The van der Waals surface area contributed by atoms with Crippen LogP contribution in [0.25, 0.3) is 0 Å². The quantitative estimate of drug-likeness (QED) is 0.679. The Labute approximate surface area is 160 Å². The molecule has 0 aliphatic carbocycles. The van der Waals surface area contributed by atoms with Gasteiger partial charge in [0.05, 0.1) is 13.7 Å². The average Bonchev–Trinajstić information content (AvgIpc) is 2.66. The third-order valence-corrected chi connectivity index (χ3v) is 4.63. The Bertz CT molecular complexity index is 628. The van der Waals surface area contributed by atoms with Crippen LogP contribution in [0.5, 0.6) is 11.5 Å². The maximum Gasteiger partial charge on any atom is 0.240 e. The molecule has 1 aromatic carbocycles. The molecule has 144 valence electrons. The molecule has 1 atom stereocenters. The SMILES string of the molecule is CCOc1ccc(CCC(=O)N2CCN(C(=O)C(C)Cl)CC2)cc1OC. The first-order valence-electron chi connectivity index (χ1n) is 8.96. The molecule has 0 bridgehead atoms. The molecule has 0 N–H and O–H groups in total. The molecule has 0 saturated carbocycles. The summed E-state index contributed by atoms with van der Waals surface area (Å²) in [4.78, 5) is 27.9. The average molecular weight is 383 g/mol. The molecule has 1 fully saturated rings. The fourth-order valence-corrected chi connectivity index (χ4v) is 3.12. The summed E-state index contributed by atoms with van der Waals surface area (Å²) in [6.45, 7) is 6.36. The van der Waals surface area contributed by atoms with Gasteiger partial charge < -0.3 is 19.3 Å². The van der Waals surface area contributed by atoms with Crippen molar-refractivity contribution in [3.63, 3.8) is 0 Å². The number of piperazine rings is 1. The van der Waals surface area contributed by atoms with Gasteiger partial charge in [-0.05, 0) is 38.0 Å². The highest BCUT2D eigenvalue weighted by molar-refractivity contribution is 6.30. The number of amides is 2. The summed E-state index contributed by atoms with van der Waals surface area (Å²) in [5, 5.41) is -0.521. The van der Waals surface area contributed by atoms with Crippen LogP contribution >= 0.6 is 11.6 Å². The Morgan fingerprint density at radius 1 is 1.15 bits per heavy atom. The lowest BCUT2D eigenvalue weighted by Crippen LogP contribution is -2.52. The number of halogens is 1. The standard InChI is InChI=1S/C19H27ClN2O4/c1-4-26-16-7-5-15(13-17(16)25-3)6-8-18(23)21-9-11-22(12-10-21)19(24)14(2)20/h5,7,13-14H,4,6,8-12H2,1-3H3. The van der Waals surface area contributed by atoms with Gasteiger partial charge in [-0.25, -0.2) is 0 Å². The van der Waals surface area contributed by atoms with E-state index in [-0.39, 0.29) is 11.8 Å². The van der Waals surface area contributed by atoms with Crippen LogP contribution in [-0.2, 0) is 16.0 Å². The zero-order valence-electron chi connectivity index (χ0n) is 15.7. The molecule has 1 unspecified atom stereocenters. The molecule has 6 nitrogen and oxygen atoms in total. The van der Waals surface area contributed by atoms with Gasteiger partial charge in [-0.2, -0.15) is 0 Å². The molecule has 1 aliphatic heterocycles. The topological polar surface area (TPSA) is 59.1 Å². The van der Waals surface area contributed by atoms with Gasteiger partial charge >= 0.3 is 0 Å². The zero-order chi connectivity index (χ0) is 19.1. The zero-order valence-corrected chi connectivity index (χ0v) is 16.4. The summed E-state index contributed by atoms with van der Waals surface area (Å²) in [6.07, 6.45) is 1.07. The summed E-state index contributed by atoms with van der Waals surface area (Å²) >= 11 is 5.84. The number of hydrogen-bond acceptors (Lipinski definition) is 4. The molecular weight excluding hydrogens is 356 g/mol. The van der Waals surface area contributed by atoms with E-state index in [2.05, 4.69) is 0 Å². The highest BCUT2D eigenvalue weighted by Gasteiger charge is 2.25. The van der Waals surface area contributed by atoms with E-state index < -0.39 is 5.38 Å². The van der Waals surface area contributed by atoms with Crippen molar-refractivity contribution in [3.8, 4) is 11.5 Å². The van der Waals surface area contributed by atoms with Gasteiger partial charge in [0.25, 0.3) is 0 Å². The summed E-state index contributed by atoms with van der Waals surface area (Å²) in [5.41, 5.74) is 1.03. The van der Waals surface area contributed by atoms with E-state index in [0.717, 1.165) is 5.56 Å². The number of benzene rings is 1. The van der Waals surface area contributed by atoms with Crippen molar-refractivity contribution in [2.45, 2.75) is 32.1 Å². The molecule has 0 aromatic heterocycles. The molecule has 1 heterocycles. The minimum Gasteiger partial charge on any atom is -0.493 e. The number of nitrogens with zero attached hydrogens (tertiary/aromatic N) is 2. The monoisotopic (exact) mass is 382 g/mol. The smallest absolute Gasteiger partial charge is 0.240 e. The van der Waals surface area contributed by atoms with E-state index in [1.807, 2.05) is 30.0 Å². The van der Waals surface area contributed by atoms with Crippen LogP contribution in [0.15, 0.2) is 18.2 Å². The van der Waals surface area contributed by atoms with Crippen LogP contribution in [0.3, 0.4) is 0 Å². The van der Waals surface area contributed by atoms with Crippen molar-refractivity contribution in [2.24, 2.45) is 0 Å². The molecule has 1 aromatic rings. The fraction of sp³-hybridized carbons (Fsp3) is 0.579. The summed E-state index contributed by atoms with van der Waals surface area (Å²) in [7, 11) is 1.61. The minimum absolute atomic E-state index is 0.0692. The number of hydrogen-bond donors (Lipinski definition) is 0. The van der Waals surface area contributed by atoms with Crippen molar-refractivity contribution in [2.75, 3.05) is 39.9 Å². The van der Waals surface area contributed by atoms with E-state index in [1.165, 1.54) is 0 Å². The lowest BCUT2D eigenvalue weighted by atomic mass is 10.1. The summed E-state index contributed by atoms with van der Waals surface area (Å²) < 4.78 is 10.9. The number of aryl methyl sites for hydroxylation is 1. The Morgan fingerprint density at radius 2 is 1.81 bits per heavy atom. The largest absolute Gasteiger partial charge is 0.493 e. The molecule has 2 amide bonds. The van der Waals surface area contributed by atoms with Crippen LogP contribution < -0.4 is 9.47 Å². The van der Waals surface area contributed by atoms with E-state index in [0.29, 0.717) is 57.1 Å². The molecule has 2 rings (SSSR count). The van der Waals surface area contributed by atoms with Crippen molar-refractivity contribution in [1.82, 2.24) is 9.80 Å². The van der Waals surface area contributed by atoms with Crippen LogP contribution in [0.1, 0.15) is 25.8 Å². The first-order chi connectivity index (χ1) is 12.5. The fourth-order valence-electron chi connectivity index (χ4n) is 2.98. The molecule has 26 heavy (non-hydrogen) atoms. The molecule has 1 saturated heterocycles. The Kier molecular flexibility index (Phi) is 7.57. The maximum atomic E-state index is 12.4. The second-order valence-corrected chi connectivity index (χ2v) is 6.89. The van der Waals surface area contributed by atoms with Crippen molar-refractivity contribution < 1.29 is 19.1 Å². The third kappa shape index (κ3) is 5.27. The second kappa shape index (κ2) is 9.67. The Hall–Kier alpha value is -1.95. The third-order valence-electron chi connectivity index (χ3n) is 4.44. The summed E-state index contributed by atoms with van der Waals surface area (Å²) in [5.74, 6) is 1.42. The number of carbonyl (C=O) groups excluding carboxylic acids is 2. The number of ether oxygens (including phenoxy) is 2. The molecule has 0 radical (unpaired) electrons. The normalized spacial score (nSPS) is 15.5. The molecule has 1 aliphatic rings. The van der Waals surface area contributed by atoms with Crippen LogP contribution in [0.4, 0.5) is 0 Å². The number of carbonyl (C=O) groups is 2. The molecule has 7 heteroatoms. The number of methoxy groups -OCH3 is 1. The van der Waals surface area contributed by atoms with E-state index in [9.17, 15) is 9.59 Å². The van der Waals surface area contributed by atoms with Gasteiger partial charge in [-0.15, -0.1) is 11.6 Å². The Morgan fingerprint density at radius 3 is 2.38 bits per heavy atom. The van der Waals surface area contributed by atoms with E-state index in [1.54, 1.807) is 18.9 Å². The van der Waals surface area contributed by atoms with Crippen LogP contribution in [-0.4, -0.2) is 66.9 Å². The predicted octanol–water partition coefficient (Wildman–Crippen LogP) is 2.32. The van der Waals surface area contributed by atoms with Gasteiger partial charge in [0.2, 0.25) is 11.8 Å². The lowest BCUT2D eigenvalue weighted by molar-refractivity contribution is -0.139. The minimum atomic E-state index is -0.521. The van der Waals surface area contributed by atoms with Gasteiger partial charge in [-0.1, -0.05) is 6.07 Å². The molecule has 0 spiro atoms. The highest BCUT2D eigenvalue weighted by atomic mass is 35.5. The van der Waals surface area contributed by atoms with Crippen molar-refractivity contribution >= 4 is 23.4 Å². The predicted molar refractivity (Wildman–Crippen MR) is 101 cm³/mol. The van der Waals surface area contributed by atoms with Crippen LogP contribution in [0, 0.1) is 0 Å². The second-order valence-electron chi connectivity index (χ2n) is 6.24. The molecular formula is C19H27ClN2O4. The number of rotatable bonds is 7. The first-order valence-corrected chi connectivity index (χ1v) is 9.40. The van der Waals surface area contributed by atoms with Gasteiger partial charge in [0.15, 0.2) is 11.5 Å². The van der Waals surface area contributed by atoms with Crippen molar-refractivity contribution in [3.05, 3.63) is 23.8 Å². The van der Waals surface area contributed by atoms with Gasteiger partial charge in [-0.3, -0.25) is 9.59 Å². The van der Waals surface area contributed by atoms with Gasteiger partial charge in [0, 0.05) is 32.6 Å². The summed E-state index contributed by atoms with van der Waals surface area (Å²) in [6, 6.07) is 5.75. The highest BCUT2D eigenvalue weighted by Crippen LogP contribution is 2.28. The van der Waals surface area contributed by atoms with Crippen LogP contribution in [0.2, 0.25) is 0 Å². The van der Waals surface area contributed by atoms with E-state index >= 15 is 0 Å². The van der Waals surface area contributed by atoms with E-state index in [4.69, 9.17) is 21.1 Å². The number of alkyl halides is 1. The maximum absolute atomic E-state index is 12.4. The Balaban J connectivity index is 1.85. The van der Waals surface area contributed by atoms with Gasteiger partial charge in [0.1, 0.15) is 5.38 Å². The lowest BCUT2D eigenvalue weighted by Gasteiger charge is -2.35.